The summed E-state index contributed by atoms with van der Waals surface area (Å²) in [5.74, 6) is 2.79. The van der Waals surface area contributed by atoms with E-state index in [-0.39, 0.29) is 5.56 Å². The molecule has 29 heavy (non-hydrogen) atoms. The predicted molar refractivity (Wildman–Crippen MR) is 111 cm³/mol. The molecule has 3 aliphatic rings. The van der Waals surface area contributed by atoms with Crippen LogP contribution in [0.15, 0.2) is 23.0 Å². The van der Waals surface area contributed by atoms with Gasteiger partial charge in [-0.3, -0.25) is 4.79 Å². The van der Waals surface area contributed by atoms with Crippen LogP contribution in [0.1, 0.15) is 25.0 Å². The standard InChI is InChI=1S/C20H27N7O2/c1-2-21-18-22-19(25-6-8-29-9-7-25)24-20(23-18)26-11-14-10-15(13-26)16-4-3-5-17(28)27(16)12-14/h3-5,14-15H,2,6-13H2,1H3,(H,21,22,23,24)/t14-,15+/m0/s1. The number of ether oxygens (including phenoxy) is 1. The van der Waals surface area contributed by atoms with E-state index in [2.05, 4.69) is 26.2 Å². The largest absolute Gasteiger partial charge is 0.378 e. The lowest BCUT2D eigenvalue weighted by molar-refractivity contribution is 0.122. The highest BCUT2D eigenvalue weighted by Crippen LogP contribution is 2.36. The zero-order chi connectivity index (χ0) is 19.8. The molecule has 0 saturated carbocycles. The zero-order valence-electron chi connectivity index (χ0n) is 16.8. The Morgan fingerprint density at radius 3 is 2.66 bits per heavy atom. The summed E-state index contributed by atoms with van der Waals surface area (Å²) in [6.07, 6.45) is 1.11. The minimum atomic E-state index is 0.106. The van der Waals surface area contributed by atoms with Crippen LogP contribution in [0.5, 0.6) is 0 Å². The first-order valence-corrected chi connectivity index (χ1v) is 10.5. The number of nitrogens with zero attached hydrogens (tertiary/aromatic N) is 6. The monoisotopic (exact) mass is 397 g/mol. The van der Waals surface area contributed by atoms with Crippen molar-refractivity contribution in [3.05, 3.63) is 34.2 Å². The molecule has 2 bridgehead atoms. The molecule has 9 heteroatoms. The van der Waals surface area contributed by atoms with Gasteiger partial charge in [-0.1, -0.05) is 6.07 Å². The number of nitrogens with one attached hydrogen (secondary N) is 1. The molecular weight excluding hydrogens is 370 g/mol. The third-order valence-electron chi connectivity index (χ3n) is 6.00. The van der Waals surface area contributed by atoms with E-state index in [9.17, 15) is 4.79 Å². The topological polar surface area (TPSA) is 88.4 Å². The Balaban J connectivity index is 1.46. The van der Waals surface area contributed by atoms with Crippen LogP contribution in [0.2, 0.25) is 0 Å². The zero-order valence-corrected chi connectivity index (χ0v) is 16.8. The highest BCUT2D eigenvalue weighted by atomic mass is 16.5. The van der Waals surface area contributed by atoms with Crippen LogP contribution >= 0.6 is 0 Å². The molecule has 5 rings (SSSR count). The smallest absolute Gasteiger partial charge is 0.250 e. The molecule has 0 unspecified atom stereocenters. The van der Waals surface area contributed by atoms with Crippen LogP contribution in [-0.4, -0.2) is 65.5 Å². The maximum atomic E-state index is 12.3. The van der Waals surface area contributed by atoms with E-state index >= 15 is 0 Å². The van der Waals surface area contributed by atoms with Crippen molar-refractivity contribution < 1.29 is 4.74 Å². The second-order valence-corrected chi connectivity index (χ2v) is 7.99. The lowest BCUT2D eigenvalue weighted by atomic mass is 9.83. The van der Waals surface area contributed by atoms with E-state index in [4.69, 9.17) is 14.7 Å². The number of hydrogen-bond acceptors (Lipinski definition) is 8. The Bertz CT molecular complexity index is 941. The number of piperidine rings is 1. The van der Waals surface area contributed by atoms with Crippen molar-refractivity contribution in [3.63, 3.8) is 0 Å². The average Bonchev–Trinajstić information content (AvgIpc) is 2.75. The number of pyridine rings is 1. The van der Waals surface area contributed by atoms with E-state index in [1.54, 1.807) is 6.07 Å². The Morgan fingerprint density at radius 1 is 1.07 bits per heavy atom. The van der Waals surface area contributed by atoms with Gasteiger partial charge in [0.05, 0.1) is 13.2 Å². The van der Waals surface area contributed by atoms with Crippen LogP contribution in [0.3, 0.4) is 0 Å². The molecule has 2 aromatic rings. The number of anilines is 3. The molecule has 3 aliphatic heterocycles. The molecule has 2 saturated heterocycles. The van der Waals surface area contributed by atoms with Gasteiger partial charge in [-0.25, -0.2) is 0 Å². The SMILES string of the molecule is CCNc1nc(N2CCOCC2)nc(N2C[C@@H]3C[C@H](C2)c2cccc(=O)n2C3)n1. The molecule has 1 N–H and O–H groups in total. The van der Waals surface area contributed by atoms with Gasteiger partial charge >= 0.3 is 0 Å². The Morgan fingerprint density at radius 2 is 1.86 bits per heavy atom. The van der Waals surface area contributed by atoms with Gasteiger partial charge in [-0.05, 0) is 25.3 Å². The van der Waals surface area contributed by atoms with Crippen molar-refractivity contribution in [2.45, 2.75) is 25.8 Å². The average molecular weight is 397 g/mol. The van der Waals surface area contributed by atoms with Crippen molar-refractivity contribution in [2.75, 3.05) is 61.1 Å². The molecular formula is C20H27N7O2. The number of aromatic nitrogens is 4. The molecule has 2 fully saturated rings. The van der Waals surface area contributed by atoms with Crippen molar-refractivity contribution in [1.82, 2.24) is 19.5 Å². The number of morpholine rings is 1. The molecule has 0 aliphatic carbocycles. The number of hydrogen-bond donors (Lipinski definition) is 1. The Kier molecular flexibility index (Phi) is 4.83. The third-order valence-corrected chi connectivity index (χ3v) is 6.00. The van der Waals surface area contributed by atoms with Gasteiger partial charge in [0, 0.05) is 56.9 Å². The molecule has 2 aromatic heterocycles. The highest BCUT2D eigenvalue weighted by molar-refractivity contribution is 5.46. The van der Waals surface area contributed by atoms with Gasteiger partial charge in [-0.15, -0.1) is 0 Å². The summed E-state index contributed by atoms with van der Waals surface area (Å²) in [6, 6.07) is 5.62. The minimum absolute atomic E-state index is 0.106. The van der Waals surface area contributed by atoms with Crippen LogP contribution in [-0.2, 0) is 11.3 Å². The van der Waals surface area contributed by atoms with E-state index in [0.29, 0.717) is 36.9 Å². The van der Waals surface area contributed by atoms with Crippen molar-refractivity contribution >= 4 is 17.8 Å². The van der Waals surface area contributed by atoms with E-state index in [1.807, 2.05) is 17.6 Å². The van der Waals surface area contributed by atoms with E-state index in [1.165, 1.54) is 0 Å². The first-order chi connectivity index (χ1) is 14.2. The van der Waals surface area contributed by atoms with Crippen molar-refractivity contribution in [2.24, 2.45) is 5.92 Å². The summed E-state index contributed by atoms with van der Waals surface area (Å²) in [6.45, 7) is 8.20. The fourth-order valence-electron chi connectivity index (χ4n) is 4.70. The lowest BCUT2D eigenvalue weighted by Gasteiger charge is -2.42. The van der Waals surface area contributed by atoms with E-state index in [0.717, 1.165) is 57.3 Å². The molecule has 9 nitrogen and oxygen atoms in total. The summed E-state index contributed by atoms with van der Waals surface area (Å²) in [5, 5.41) is 3.25. The molecule has 0 spiro atoms. The number of fused-ring (bicyclic) bond motifs is 4. The van der Waals surface area contributed by atoms with Crippen LogP contribution < -0.4 is 20.7 Å². The predicted octanol–water partition coefficient (Wildman–Crippen LogP) is 0.925. The summed E-state index contributed by atoms with van der Waals surface area (Å²) >= 11 is 0. The lowest BCUT2D eigenvalue weighted by Crippen LogP contribution is -2.48. The molecule has 2 atom stereocenters. The van der Waals surface area contributed by atoms with Gasteiger partial charge in [-0.2, -0.15) is 15.0 Å². The summed E-state index contributed by atoms with van der Waals surface area (Å²) < 4.78 is 7.42. The Labute approximate surface area is 169 Å². The molecule has 5 heterocycles. The molecule has 0 amide bonds. The first-order valence-electron chi connectivity index (χ1n) is 10.5. The Hall–Kier alpha value is -2.68. The van der Waals surface area contributed by atoms with Crippen LogP contribution in [0.25, 0.3) is 0 Å². The summed E-state index contributed by atoms with van der Waals surface area (Å²) in [5.41, 5.74) is 1.24. The van der Waals surface area contributed by atoms with Crippen molar-refractivity contribution in [1.29, 1.82) is 0 Å². The maximum Gasteiger partial charge on any atom is 0.250 e. The minimum Gasteiger partial charge on any atom is -0.378 e. The third kappa shape index (κ3) is 3.55. The number of rotatable bonds is 4. The van der Waals surface area contributed by atoms with Gasteiger partial charge in [0.15, 0.2) is 0 Å². The van der Waals surface area contributed by atoms with Gasteiger partial charge < -0.3 is 24.4 Å². The summed E-state index contributed by atoms with van der Waals surface area (Å²) in [7, 11) is 0. The summed E-state index contributed by atoms with van der Waals surface area (Å²) in [4.78, 5) is 30.9. The highest BCUT2D eigenvalue weighted by Gasteiger charge is 2.35. The molecule has 0 radical (unpaired) electrons. The molecule has 154 valence electrons. The van der Waals surface area contributed by atoms with Gasteiger partial charge in [0.1, 0.15) is 0 Å². The molecule has 0 aromatic carbocycles. The normalized spacial score (nSPS) is 23.6. The van der Waals surface area contributed by atoms with Crippen LogP contribution in [0, 0.1) is 5.92 Å². The fraction of sp³-hybridized carbons (Fsp3) is 0.600. The van der Waals surface area contributed by atoms with Crippen molar-refractivity contribution in [3.8, 4) is 0 Å². The maximum absolute atomic E-state index is 12.3. The van der Waals surface area contributed by atoms with Gasteiger partial charge in [0.25, 0.3) is 5.56 Å². The second-order valence-electron chi connectivity index (χ2n) is 7.99. The fourth-order valence-corrected chi connectivity index (χ4v) is 4.70. The first kappa shape index (κ1) is 18.4. The van der Waals surface area contributed by atoms with Gasteiger partial charge in [0.2, 0.25) is 17.8 Å². The van der Waals surface area contributed by atoms with E-state index < -0.39 is 0 Å². The van der Waals surface area contributed by atoms with Crippen LogP contribution in [0.4, 0.5) is 17.8 Å². The second kappa shape index (κ2) is 7.62. The quantitative estimate of drug-likeness (QED) is 0.815.